The first-order valence-electron chi connectivity index (χ1n) is 4.35. The Labute approximate surface area is 110 Å². The quantitative estimate of drug-likeness (QED) is 0.634. The minimum atomic E-state index is -0.334. The third-order valence-corrected chi connectivity index (χ3v) is 2.90. The van der Waals surface area contributed by atoms with Crippen molar-refractivity contribution >= 4 is 45.1 Å². The van der Waals surface area contributed by atoms with Crippen LogP contribution in [0.1, 0.15) is 5.56 Å². The predicted molar refractivity (Wildman–Crippen MR) is 70.7 cm³/mol. The standard InChI is InChI=1S/C10H5ClIN3O/c11-9-6(2-1-5-12)3-4-7-8(9)10(16)14-15-13-7/h3-4H,2H2,(H,13,14,16). The molecule has 2 rings (SSSR count). The maximum Gasteiger partial charge on any atom is 0.276 e. The number of fused-ring (bicyclic) bond motifs is 1. The van der Waals surface area contributed by atoms with Gasteiger partial charge in [0.05, 0.1) is 10.4 Å². The Balaban J connectivity index is 2.71. The summed E-state index contributed by atoms with van der Waals surface area (Å²) in [5, 5.41) is 10.3. The van der Waals surface area contributed by atoms with Crippen molar-refractivity contribution in [1.29, 1.82) is 0 Å². The lowest BCUT2D eigenvalue weighted by molar-refractivity contribution is 0.872. The molecule has 16 heavy (non-hydrogen) atoms. The second-order valence-electron chi connectivity index (χ2n) is 3.02. The van der Waals surface area contributed by atoms with Crippen LogP contribution in [0.4, 0.5) is 0 Å². The Morgan fingerprint density at radius 3 is 3.06 bits per heavy atom. The molecule has 0 unspecified atom stereocenters. The lowest BCUT2D eigenvalue weighted by atomic mass is 10.1. The third-order valence-electron chi connectivity index (χ3n) is 2.08. The van der Waals surface area contributed by atoms with Crippen molar-refractivity contribution in [2.24, 2.45) is 0 Å². The first-order valence-corrected chi connectivity index (χ1v) is 5.80. The zero-order chi connectivity index (χ0) is 11.5. The number of aromatic nitrogens is 3. The minimum Gasteiger partial charge on any atom is -0.267 e. The number of rotatable bonds is 1. The number of nitrogens with one attached hydrogen (secondary N) is 1. The van der Waals surface area contributed by atoms with Crippen LogP contribution in [0.2, 0.25) is 5.02 Å². The maximum atomic E-state index is 11.5. The van der Waals surface area contributed by atoms with Gasteiger partial charge < -0.3 is 0 Å². The van der Waals surface area contributed by atoms with Gasteiger partial charge in [0, 0.05) is 29.0 Å². The van der Waals surface area contributed by atoms with E-state index in [-0.39, 0.29) is 5.56 Å². The van der Waals surface area contributed by atoms with E-state index in [1.54, 1.807) is 12.1 Å². The van der Waals surface area contributed by atoms with Crippen LogP contribution in [0.25, 0.3) is 10.9 Å². The number of H-pyrrole nitrogens is 1. The third kappa shape index (κ3) is 2.03. The summed E-state index contributed by atoms with van der Waals surface area (Å²) in [4.78, 5) is 11.5. The van der Waals surface area contributed by atoms with Gasteiger partial charge in [-0.3, -0.25) is 4.79 Å². The summed E-state index contributed by atoms with van der Waals surface area (Å²) in [6.45, 7) is 0. The average Bonchev–Trinajstić information content (AvgIpc) is 2.28. The second-order valence-corrected chi connectivity index (χ2v) is 3.94. The van der Waals surface area contributed by atoms with E-state index in [0.29, 0.717) is 22.3 Å². The van der Waals surface area contributed by atoms with Crippen molar-refractivity contribution in [2.45, 2.75) is 6.42 Å². The molecule has 80 valence electrons. The molecule has 1 N–H and O–H groups in total. The average molecular weight is 346 g/mol. The van der Waals surface area contributed by atoms with Crippen molar-refractivity contribution in [1.82, 2.24) is 15.4 Å². The second kappa shape index (κ2) is 4.80. The fourth-order valence-corrected chi connectivity index (χ4v) is 1.86. The Kier molecular flexibility index (Phi) is 3.41. The van der Waals surface area contributed by atoms with Crippen molar-refractivity contribution in [3.8, 4) is 9.85 Å². The number of hydrogen-bond acceptors (Lipinski definition) is 3. The molecule has 4 nitrogen and oxygen atoms in total. The zero-order valence-electron chi connectivity index (χ0n) is 7.92. The molecule has 0 amide bonds. The normalized spacial score (nSPS) is 9.88. The summed E-state index contributed by atoms with van der Waals surface area (Å²) in [6.07, 6.45) is 0.513. The highest BCUT2D eigenvalue weighted by Gasteiger charge is 2.09. The number of hydrogen-bond donors (Lipinski definition) is 1. The summed E-state index contributed by atoms with van der Waals surface area (Å²) in [5.41, 5.74) is 0.969. The SMILES string of the molecule is O=c1[nH]nnc2ccc(CC#CI)c(Cl)c12. The molecule has 1 aromatic heterocycles. The number of aromatic amines is 1. The predicted octanol–water partition coefficient (Wildman–Crippen LogP) is 1.91. The summed E-state index contributed by atoms with van der Waals surface area (Å²) >= 11 is 8.08. The molecule has 2 aromatic rings. The van der Waals surface area contributed by atoms with E-state index >= 15 is 0 Å². The maximum absolute atomic E-state index is 11.5. The molecule has 1 heterocycles. The van der Waals surface area contributed by atoms with Crippen molar-refractivity contribution in [3.05, 3.63) is 33.1 Å². The first kappa shape index (κ1) is 11.4. The molecule has 0 aliphatic heterocycles. The van der Waals surface area contributed by atoms with Crippen LogP contribution in [0.5, 0.6) is 0 Å². The Morgan fingerprint density at radius 1 is 1.50 bits per heavy atom. The van der Waals surface area contributed by atoms with Crippen LogP contribution in [0, 0.1) is 9.85 Å². The van der Waals surface area contributed by atoms with Crippen LogP contribution in [0.3, 0.4) is 0 Å². The van der Waals surface area contributed by atoms with Crippen LogP contribution in [0.15, 0.2) is 16.9 Å². The number of halogens is 2. The molecular formula is C10H5ClIN3O. The van der Waals surface area contributed by atoms with E-state index < -0.39 is 0 Å². The van der Waals surface area contributed by atoms with Gasteiger partial charge in [-0.2, -0.15) is 0 Å². The summed E-state index contributed by atoms with van der Waals surface area (Å²) in [6, 6.07) is 3.52. The van der Waals surface area contributed by atoms with Crippen LogP contribution in [-0.2, 0) is 6.42 Å². The lowest BCUT2D eigenvalue weighted by Gasteiger charge is -2.02. The summed E-state index contributed by atoms with van der Waals surface area (Å²) < 4.78 is 2.75. The fraction of sp³-hybridized carbons (Fsp3) is 0.100. The monoisotopic (exact) mass is 345 g/mol. The minimum absolute atomic E-state index is 0.334. The van der Waals surface area contributed by atoms with Gasteiger partial charge in [0.25, 0.3) is 5.56 Å². The molecular weight excluding hydrogens is 340 g/mol. The fourth-order valence-electron chi connectivity index (χ4n) is 1.35. The van der Waals surface area contributed by atoms with Gasteiger partial charge in [0.1, 0.15) is 5.52 Å². The highest BCUT2D eigenvalue weighted by Crippen LogP contribution is 2.23. The van der Waals surface area contributed by atoms with Gasteiger partial charge in [-0.15, -0.1) is 5.10 Å². The highest BCUT2D eigenvalue weighted by atomic mass is 127. The van der Waals surface area contributed by atoms with Gasteiger partial charge in [-0.05, 0) is 15.6 Å². The van der Waals surface area contributed by atoms with Crippen molar-refractivity contribution in [3.63, 3.8) is 0 Å². The summed E-state index contributed by atoms with van der Waals surface area (Å²) in [7, 11) is 0. The molecule has 1 aromatic carbocycles. The van der Waals surface area contributed by atoms with E-state index in [1.165, 1.54) is 0 Å². The Hall–Kier alpha value is -1.13. The van der Waals surface area contributed by atoms with Crippen LogP contribution >= 0.6 is 34.2 Å². The van der Waals surface area contributed by atoms with Gasteiger partial charge in [0.15, 0.2) is 0 Å². The van der Waals surface area contributed by atoms with E-state index in [2.05, 4.69) is 25.3 Å². The van der Waals surface area contributed by atoms with Gasteiger partial charge in [0.2, 0.25) is 0 Å². The molecule has 0 bridgehead atoms. The topological polar surface area (TPSA) is 58.6 Å². The summed E-state index contributed by atoms with van der Waals surface area (Å²) in [5.74, 6) is 2.89. The molecule has 0 aliphatic rings. The molecule has 0 atom stereocenters. The smallest absolute Gasteiger partial charge is 0.267 e. The molecule has 0 saturated heterocycles. The van der Waals surface area contributed by atoms with Crippen molar-refractivity contribution < 1.29 is 0 Å². The van der Waals surface area contributed by atoms with Crippen LogP contribution < -0.4 is 5.56 Å². The van der Waals surface area contributed by atoms with E-state index in [0.717, 1.165) is 5.56 Å². The molecule has 0 spiro atoms. The van der Waals surface area contributed by atoms with Gasteiger partial charge in [-0.1, -0.05) is 28.8 Å². The van der Waals surface area contributed by atoms with Gasteiger partial charge >= 0.3 is 0 Å². The largest absolute Gasteiger partial charge is 0.276 e. The number of nitrogens with zero attached hydrogens (tertiary/aromatic N) is 2. The van der Waals surface area contributed by atoms with Gasteiger partial charge in [-0.25, -0.2) is 5.10 Å². The van der Waals surface area contributed by atoms with E-state index in [4.69, 9.17) is 11.6 Å². The van der Waals surface area contributed by atoms with E-state index in [9.17, 15) is 4.79 Å². The number of benzene rings is 1. The molecule has 0 saturated carbocycles. The van der Waals surface area contributed by atoms with Crippen LogP contribution in [-0.4, -0.2) is 15.4 Å². The highest BCUT2D eigenvalue weighted by molar-refractivity contribution is 14.1. The Bertz CT molecular complexity index is 656. The van der Waals surface area contributed by atoms with Crippen molar-refractivity contribution in [2.75, 3.05) is 0 Å². The molecule has 0 radical (unpaired) electrons. The molecule has 0 aliphatic carbocycles. The molecule has 0 fully saturated rings. The zero-order valence-corrected chi connectivity index (χ0v) is 10.8. The first-order chi connectivity index (χ1) is 7.74. The lowest BCUT2D eigenvalue weighted by Crippen LogP contribution is -2.10. The Morgan fingerprint density at radius 2 is 2.31 bits per heavy atom. The molecule has 6 heteroatoms. The van der Waals surface area contributed by atoms with E-state index in [1.807, 2.05) is 22.6 Å².